The van der Waals surface area contributed by atoms with Crippen LogP contribution in [0.3, 0.4) is 0 Å². The van der Waals surface area contributed by atoms with E-state index in [0.717, 1.165) is 21.9 Å². The van der Waals surface area contributed by atoms with E-state index in [4.69, 9.17) is 18.0 Å². The molecule has 1 aliphatic rings. The molecule has 0 saturated carbocycles. The first-order valence-corrected chi connectivity index (χ1v) is 8.01. The number of carbonyl (C=O) groups is 2. The SMILES string of the molecule is CCSc1cccc(N2CC(=O)NC(=O)C2C)c1C(N)=S. The average Bonchev–Trinajstić information content (AvgIpc) is 2.42. The van der Waals surface area contributed by atoms with Gasteiger partial charge in [-0.2, -0.15) is 0 Å². The first-order chi connectivity index (χ1) is 9.95. The maximum absolute atomic E-state index is 11.8. The molecule has 1 fully saturated rings. The third-order valence-corrected chi connectivity index (χ3v) is 4.43. The van der Waals surface area contributed by atoms with Crippen LogP contribution in [-0.2, 0) is 9.59 Å². The van der Waals surface area contributed by atoms with Crippen molar-refractivity contribution < 1.29 is 9.59 Å². The van der Waals surface area contributed by atoms with Crippen LogP contribution in [0.15, 0.2) is 23.1 Å². The van der Waals surface area contributed by atoms with Crippen molar-refractivity contribution in [2.24, 2.45) is 5.73 Å². The number of anilines is 1. The lowest BCUT2D eigenvalue weighted by atomic mass is 10.1. The number of thiocarbonyl (C=S) groups is 1. The zero-order valence-corrected chi connectivity index (χ0v) is 13.5. The molecule has 0 aromatic heterocycles. The van der Waals surface area contributed by atoms with Gasteiger partial charge in [-0.1, -0.05) is 25.2 Å². The molecule has 0 bridgehead atoms. The number of benzene rings is 1. The second-order valence-corrected chi connectivity index (χ2v) is 6.41. The van der Waals surface area contributed by atoms with Gasteiger partial charge in [0, 0.05) is 16.1 Å². The van der Waals surface area contributed by atoms with Gasteiger partial charge in [-0.05, 0) is 24.8 Å². The Morgan fingerprint density at radius 2 is 2.24 bits per heavy atom. The van der Waals surface area contributed by atoms with Crippen molar-refractivity contribution in [2.45, 2.75) is 24.8 Å². The van der Waals surface area contributed by atoms with Gasteiger partial charge in [0.25, 0.3) is 0 Å². The summed E-state index contributed by atoms with van der Waals surface area (Å²) in [6, 6.07) is 5.23. The van der Waals surface area contributed by atoms with Crippen LogP contribution in [0, 0.1) is 0 Å². The van der Waals surface area contributed by atoms with E-state index in [0.29, 0.717) is 0 Å². The van der Waals surface area contributed by atoms with E-state index in [1.54, 1.807) is 23.6 Å². The lowest BCUT2D eigenvalue weighted by molar-refractivity contribution is -0.132. The fourth-order valence-electron chi connectivity index (χ4n) is 2.29. The highest BCUT2D eigenvalue weighted by atomic mass is 32.2. The topological polar surface area (TPSA) is 75.4 Å². The van der Waals surface area contributed by atoms with E-state index in [1.807, 2.05) is 25.1 Å². The molecule has 1 unspecified atom stereocenters. The number of amides is 2. The second kappa shape index (κ2) is 6.44. The number of imide groups is 1. The van der Waals surface area contributed by atoms with Crippen LogP contribution in [0.1, 0.15) is 19.4 Å². The Hall–Kier alpha value is -1.60. The van der Waals surface area contributed by atoms with Gasteiger partial charge < -0.3 is 10.6 Å². The zero-order chi connectivity index (χ0) is 15.6. The lowest BCUT2D eigenvalue weighted by Gasteiger charge is -2.35. The van der Waals surface area contributed by atoms with Gasteiger partial charge in [0.2, 0.25) is 11.8 Å². The molecule has 0 radical (unpaired) electrons. The van der Waals surface area contributed by atoms with Crippen molar-refractivity contribution >= 4 is 46.5 Å². The van der Waals surface area contributed by atoms with Gasteiger partial charge in [-0.15, -0.1) is 11.8 Å². The largest absolute Gasteiger partial charge is 0.389 e. The number of hydrogen-bond acceptors (Lipinski definition) is 5. The van der Waals surface area contributed by atoms with Crippen LogP contribution in [0.25, 0.3) is 0 Å². The molecule has 21 heavy (non-hydrogen) atoms. The fourth-order valence-corrected chi connectivity index (χ4v) is 3.41. The highest BCUT2D eigenvalue weighted by molar-refractivity contribution is 7.99. The van der Waals surface area contributed by atoms with E-state index in [-0.39, 0.29) is 23.3 Å². The lowest BCUT2D eigenvalue weighted by Crippen LogP contribution is -2.57. The smallest absolute Gasteiger partial charge is 0.249 e. The van der Waals surface area contributed by atoms with Gasteiger partial charge in [-0.25, -0.2) is 0 Å². The van der Waals surface area contributed by atoms with E-state index in [1.165, 1.54) is 0 Å². The van der Waals surface area contributed by atoms with E-state index in [9.17, 15) is 9.59 Å². The number of rotatable bonds is 4. The van der Waals surface area contributed by atoms with Crippen molar-refractivity contribution in [1.29, 1.82) is 0 Å². The Morgan fingerprint density at radius 1 is 1.52 bits per heavy atom. The van der Waals surface area contributed by atoms with Crippen LogP contribution in [-0.4, -0.2) is 35.1 Å². The van der Waals surface area contributed by atoms with Crippen molar-refractivity contribution in [2.75, 3.05) is 17.2 Å². The molecule has 3 N–H and O–H groups in total. The highest BCUT2D eigenvalue weighted by Crippen LogP contribution is 2.32. The minimum Gasteiger partial charge on any atom is -0.389 e. The predicted molar refractivity (Wildman–Crippen MR) is 88.7 cm³/mol. The molecule has 1 aromatic carbocycles. The average molecular weight is 323 g/mol. The second-order valence-electron chi connectivity index (χ2n) is 4.66. The number of nitrogens with two attached hydrogens (primary N) is 1. The van der Waals surface area contributed by atoms with Crippen LogP contribution in [0.5, 0.6) is 0 Å². The Balaban J connectivity index is 2.51. The van der Waals surface area contributed by atoms with Gasteiger partial charge >= 0.3 is 0 Å². The molecule has 112 valence electrons. The van der Waals surface area contributed by atoms with Crippen molar-refractivity contribution in [3.63, 3.8) is 0 Å². The molecule has 1 saturated heterocycles. The third-order valence-electron chi connectivity index (χ3n) is 3.28. The molecule has 2 rings (SSSR count). The van der Waals surface area contributed by atoms with Crippen molar-refractivity contribution in [3.05, 3.63) is 23.8 Å². The molecule has 1 aliphatic heterocycles. The Morgan fingerprint density at radius 3 is 2.86 bits per heavy atom. The minimum absolute atomic E-state index is 0.114. The van der Waals surface area contributed by atoms with E-state index >= 15 is 0 Å². The van der Waals surface area contributed by atoms with Crippen LogP contribution in [0.2, 0.25) is 0 Å². The standard InChI is InChI=1S/C14H17N3O2S2/c1-3-21-10-6-4-5-9(12(10)13(15)20)17-7-11(18)16-14(19)8(17)2/h4-6,8H,3,7H2,1-2H3,(H2,15,20)(H,16,18,19). The number of nitrogens with zero attached hydrogens (tertiary/aromatic N) is 1. The summed E-state index contributed by atoms with van der Waals surface area (Å²) in [5, 5.41) is 2.33. The highest BCUT2D eigenvalue weighted by Gasteiger charge is 2.32. The number of carbonyl (C=O) groups excluding carboxylic acids is 2. The van der Waals surface area contributed by atoms with Gasteiger partial charge in [0.05, 0.1) is 6.54 Å². The first-order valence-electron chi connectivity index (χ1n) is 6.61. The van der Waals surface area contributed by atoms with Gasteiger partial charge in [-0.3, -0.25) is 14.9 Å². The van der Waals surface area contributed by atoms with Gasteiger partial charge in [0.15, 0.2) is 0 Å². The molecule has 1 aromatic rings. The summed E-state index contributed by atoms with van der Waals surface area (Å²) in [7, 11) is 0. The molecular formula is C14H17N3O2S2. The first kappa shape index (κ1) is 15.8. The molecule has 0 aliphatic carbocycles. The summed E-state index contributed by atoms with van der Waals surface area (Å²) in [6.07, 6.45) is 0. The quantitative estimate of drug-likeness (QED) is 0.494. The number of hydrogen-bond donors (Lipinski definition) is 2. The normalized spacial score (nSPS) is 18.6. The zero-order valence-electron chi connectivity index (χ0n) is 11.9. The molecule has 1 heterocycles. The Kier molecular flexibility index (Phi) is 4.84. The van der Waals surface area contributed by atoms with Crippen LogP contribution < -0.4 is 16.0 Å². The molecule has 0 spiro atoms. The summed E-state index contributed by atoms with van der Waals surface area (Å²) in [4.78, 5) is 26.5. The monoisotopic (exact) mass is 323 g/mol. The number of piperazine rings is 1. The third kappa shape index (κ3) is 3.19. The maximum atomic E-state index is 11.8. The fraction of sp³-hybridized carbons (Fsp3) is 0.357. The number of nitrogens with one attached hydrogen (secondary N) is 1. The predicted octanol–water partition coefficient (Wildman–Crippen LogP) is 1.28. The molecule has 5 nitrogen and oxygen atoms in total. The van der Waals surface area contributed by atoms with E-state index in [2.05, 4.69) is 5.32 Å². The van der Waals surface area contributed by atoms with E-state index < -0.39 is 6.04 Å². The van der Waals surface area contributed by atoms with Crippen molar-refractivity contribution in [1.82, 2.24) is 5.32 Å². The number of thioether (sulfide) groups is 1. The molecule has 7 heteroatoms. The minimum atomic E-state index is -0.447. The van der Waals surface area contributed by atoms with Crippen LogP contribution >= 0.6 is 24.0 Å². The molecule has 2 amide bonds. The summed E-state index contributed by atoms with van der Waals surface area (Å²) in [5.41, 5.74) is 7.34. The van der Waals surface area contributed by atoms with Crippen molar-refractivity contribution in [3.8, 4) is 0 Å². The summed E-state index contributed by atoms with van der Waals surface area (Å²) < 4.78 is 0. The maximum Gasteiger partial charge on any atom is 0.249 e. The molecular weight excluding hydrogens is 306 g/mol. The summed E-state index contributed by atoms with van der Waals surface area (Å²) >= 11 is 6.80. The Labute approximate surface area is 133 Å². The summed E-state index contributed by atoms with van der Waals surface area (Å²) in [5.74, 6) is 0.253. The van der Waals surface area contributed by atoms with Crippen LogP contribution in [0.4, 0.5) is 5.69 Å². The Bertz CT molecular complexity index is 604. The molecule has 1 atom stereocenters. The van der Waals surface area contributed by atoms with Gasteiger partial charge in [0.1, 0.15) is 11.0 Å². The summed E-state index contributed by atoms with van der Waals surface area (Å²) in [6.45, 7) is 3.91.